The van der Waals surface area contributed by atoms with Gasteiger partial charge in [-0.25, -0.2) is 9.89 Å². The molecule has 0 bridgehead atoms. The highest BCUT2D eigenvalue weighted by Crippen LogP contribution is 2.33. The van der Waals surface area contributed by atoms with Crippen molar-refractivity contribution in [2.75, 3.05) is 11.1 Å². The number of nitrogens with zero attached hydrogens (tertiary/aromatic N) is 3. The van der Waals surface area contributed by atoms with Gasteiger partial charge in [0.1, 0.15) is 11.9 Å². The van der Waals surface area contributed by atoms with Gasteiger partial charge < -0.3 is 5.32 Å². The maximum atomic E-state index is 12.6. The predicted molar refractivity (Wildman–Crippen MR) is 113 cm³/mol. The summed E-state index contributed by atoms with van der Waals surface area (Å²) in [7, 11) is 0. The van der Waals surface area contributed by atoms with E-state index in [0.717, 1.165) is 28.1 Å². The molecule has 4 rings (SSSR count). The van der Waals surface area contributed by atoms with Crippen LogP contribution in [0.4, 0.5) is 11.4 Å². The summed E-state index contributed by atoms with van der Waals surface area (Å²) >= 11 is 1.24. The summed E-state index contributed by atoms with van der Waals surface area (Å²) in [5.74, 6) is 0.504. The Balaban J connectivity index is 1.53. The fraction of sp³-hybridized carbons (Fsp3) is 0.238. The Bertz CT molecular complexity index is 1040. The van der Waals surface area contributed by atoms with Gasteiger partial charge in [0.05, 0.1) is 11.4 Å². The third kappa shape index (κ3) is 3.33. The third-order valence-electron chi connectivity index (χ3n) is 4.66. The van der Waals surface area contributed by atoms with Gasteiger partial charge in [0.15, 0.2) is 5.17 Å². The second-order valence-corrected chi connectivity index (χ2v) is 7.81. The van der Waals surface area contributed by atoms with Gasteiger partial charge >= 0.3 is 0 Å². The van der Waals surface area contributed by atoms with Gasteiger partial charge in [0, 0.05) is 11.3 Å². The van der Waals surface area contributed by atoms with Crippen LogP contribution in [-0.2, 0) is 9.59 Å². The fourth-order valence-electron chi connectivity index (χ4n) is 3.16. The number of nitrogens with one attached hydrogen (secondary N) is 1. The van der Waals surface area contributed by atoms with Gasteiger partial charge in [-0.1, -0.05) is 36.0 Å². The van der Waals surface area contributed by atoms with Crippen LogP contribution in [0.2, 0.25) is 0 Å². The van der Waals surface area contributed by atoms with Crippen molar-refractivity contribution in [1.82, 2.24) is 4.90 Å². The van der Waals surface area contributed by atoms with Crippen LogP contribution in [0.15, 0.2) is 52.4 Å². The van der Waals surface area contributed by atoms with E-state index in [4.69, 9.17) is 0 Å². The van der Waals surface area contributed by atoms with Gasteiger partial charge in [-0.15, -0.1) is 0 Å². The number of amidine groups is 2. The number of amides is 2. The predicted octanol–water partition coefficient (Wildman–Crippen LogP) is 3.65. The Morgan fingerprint density at radius 3 is 2.82 bits per heavy atom. The zero-order valence-corrected chi connectivity index (χ0v) is 16.7. The van der Waals surface area contributed by atoms with Crippen LogP contribution in [0.25, 0.3) is 0 Å². The lowest BCUT2D eigenvalue weighted by Gasteiger charge is -2.25. The van der Waals surface area contributed by atoms with E-state index in [1.54, 1.807) is 6.92 Å². The van der Waals surface area contributed by atoms with E-state index in [9.17, 15) is 9.59 Å². The maximum Gasteiger partial charge on any atom is 0.258 e. The lowest BCUT2D eigenvalue weighted by molar-refractivity contribution is -0.124. The van der Waals surface area contributed by atoms with E-state index >= 15 is 0 Å². The SMILES string of the molecule is Cc1ccc(C)c(NC(=O)CSC2=Nc3ccccc3C3=N[C@H](C)C(=O)N23)c1. The zero-order chi connectivity index (χ0) is 19.8. The van der Waals surface area contributed by atoms with E-state index < -0.39 is 6.04 Å². The molecule has 1 N–H and O–H groups in total. The number of para-hydroxylation sites is 1. The van der Waals surface area contributed by atoms with Crippen LogP contribution in [0.3, 0.4) is 0 Å². The molecule has 0 saturated carbocycles. The van der Waals surface area contributed by atoms with Crippen molar-refractivity contribution in [3.05, 3.63) is 59.2 Å². The first kappa shape index (κ1) is 18.4. The number of benzene rings is 2. The van der Waals surface area contributed by atoms with Crippen LogP contribution in [0.5, 0.6) is 0 Å². The zero-order valence-electron chi connectivity index (χ0n) is 15.9. The highest BCUT2D eigenvalue weighted by molar-refractivity contribution is 8.14. The van der Waals surface area contributed by atoms with Crippen LogP contribution in [0.1, 0.15) is 23.6 Å². The molecule has 6 nitrogen and oxygen atoms in total. The topological polar surface area (TPSA) is 74.1 Å². The van der Waals surface area contributed by atoms with Crippen molar-refractivity contribution < 1.29 is 9.59 Å². The normalized spacial score (nSPS) is 17.6. The number of aryl methyl sites for hydroxylation is 2. The monoisotopic (exact) mass is 392 g/mol. The summed E-state index contributed by atoms with van der Waals surface area (Å²) in [5.41, 5.74) is 4.49. The summed E-state index contributed by atoms with van der Waals surface area (Å²) in [5, 5.41) is 3.43. The first-order valence-corrected chi connectivity index (χ1v) is 10.0. The number of aliphatic imine (C=N–C) groups is 2. The average Bonchev–Trinajstić information content (AvgIpc) is 2.98. The van der Waals surface area contributed by atoms with Crippen molar-refractivity contribution in [3.8, 4) is 0 Å². The molecule has 7 heteroatoms. The molecule has 2 aliphatic rings. The number of fused-ring (bicyclic) bond motifs is 3. The minimum atomic E-state index is -0.448. The lowest BCUT2D eigenvalue weighted by atomic mass is 10.1. The maximum absolute atomic E-state index is 12.6. The smallest absolute Gasteiger partial charge is 0.258 e. The third-order valence-corrected chi connectivity index (χ3v) is 5.60. The van der Waals surface area contributed by atoms with Gasteiger partial charge in [-0.2, -0.15) is 0 Å². The highest BCUT2D eigenvalue weighted by atomic mass is 32.2. The van der Waals surface area contributed by atoms with Crippen LogP contribution >= 0.6 is 11.8 Å². The molecule has 2 heterocycles. The quantitative estimate of drug-likeness (QED) is 0.866. The Labute approximate surface area is 167 Å². The molecule has 0 spiro atoms. The molecular weight excluding hydrogens is 372 g/mol. The van der Waals surface area contributed by atoms with E-state index in [1.165, 1.54) is 16.7 Å². The number of hydrogen-bond acceptors (Lipinski definition) is 5. The van der Waals surface area contributed by atoms with Crippen molar-refractivity contribution in [3.63, 3.8) is 0 Å². The Kier molecular flexibility index (Phi) is 4.77. The van der Waals surface area contributed by atoms with E-state index in [1.807, 2.05) is 56.3 Å². The van der Waals surface area contributed by atoms with Crippen molar-refractivity contribution >= 4 is 46.0 Å². The first-order chi connectivity index (χ1) is 13.4. The van der Waals surface area contributed by atoms with Crippen molar-refractivity contribution in [1.29, 1.82) is 0 Å². The molecular formula is C21H20N4O2S. The molecule has 28 heavy (non-hydrogen) atoms. The Morgan fingerprint density at radius 1 is 1.21 bits per heavy atom. The molecule has 1 atom stereocenters. The molecule has 0 saturated heterocycles. The van der Waals surface area contributed by atoms with Crippen LogP contribution < -0.4 is 5.32 Å². The lowest BCUT2D eigenvalue weighted by Crippen LogP contribution is -2.41. The Hall–Kier alpha value is -2.93. The number of rotatable bonds is 3. The van der Waals surface area contributed by atoms with Gasteiger partial charge in [-0.05, 0) is 50.1 Å². The molecule has 2 amide bonds. The molecule has 0 fully saturated rings. The van der Waals surface area contributed by atoms with Gasteiger partial charge in [0.25, 0.3) is 5.91 Å². The molecule has 0 aliphatic carbocycles. The van der Waals surface area contributed by atoms with Gasteiger partial charge in [-0.3, -0.25) is 14.6 Å². The molecule has 0 unspecified atom stereocenters. The highest BCUT2D eigenvalue weighted by Gasteiger charge is 2.39. The van der Waals surface area contributed by atoms with Crippen molar-refractivity contribution in [2.45, 2.75) is 26.8 Å². The summed E-state index contributed by atoms with van der Waals surface area (Å²) < 4.78 is 0. The number of carbonyl (C=O) groups excluding carboxylic acids is 2. The molecule has 2 aromatic rings. The molecule has 2 aromatic carbocycles. The summed E-state index contributed by atoms with van der Waals surface area (Å²) in [6, 6.07) is 13.1. The number of hydrogen-bond donors (Lipinski definition) is 1. The second-order valence-electron chi connectivity index (χ2n) is 6.87. The molecule has 0 radical (unpaired) electrons. The number of anilines is 1. The minimum absolute atomic E-state index is 0.120. The summed E-state index contributed by atoms with van der Waals surface area (Å²) in [4.78, 5) is 35.7. The molecule has 0 aromatic heterocycles. The van der Waals surface area contributed by atoms with E-state index in [0.29, 0.717) is 11.0 Å². The van der Waals surface area contributed by atoms with E-state index in [2.05, 4.69) is 15.3 Å². The summed E-state index contributed by atoms with van der Waals surface area (Å²) in [6.07, 6.45) is 0. The van der Waals surface area contributed by atoms with Crippen LogP contribution in [0, 0.1) is 13.8 Å². The van der Waals surface area contributed by atoms with E-state index in [-0.39, 0.29) is 17.6 Å². The molecule has 2 aliphatic heterocycles. The summed E-state index contributed by atoms with van der Waals surface area (Å²) in [6.45, 7) is 5.71. The second kappa shape index (κ2) is 7.24. The standard InChI is InChI=1S/C21H20N4O2S/c1-12-8-9-13(2)17(10-12)23-18(26)11-28-21-24-16-7-5-4-6-15(16)19-22-14(3)20(27)25(19)21/h4-10,14H,11H2,1-3H3,(H,23,26)/t14-/m1/s1. The molecule has 142 valence electrons. The van der Waals surface area contributed by atoms with Crippen molar-refractivity contribution in [2.24, 2.45) is 9.98 Å². The average molecular weight is 392 g/mol. The fourth-order valence-corrected chi connectivity index (χ4v) is 3.96. The van der Waals surface area contributed by atoms with Gasteiger partial charge in [0.2, 0.25) is 5.91 Å². The number of thioether (sulfide) groups is 1. The Morgan fingerprint density at radius 2 is 2.00 bits per heavy atom. The largest absolute Gasteiger partial charge is 0.325 e. The first-order valence-electron chi connectivity index (χ1n) is 9.04. The minimum Gasteiger partial charge on any atom is -0.325 e. The van der Waals surface area contributed by atoms with Crippen LogP contribution in [-0.4, -0.2) is 39.5 Å². The number of carbonyl (C=O) groups is 2.